The molecule has 4 heteroatoms. The number of nitrogens with zero attached hydrogens (tertiary/aromatic N) is 2. The van der Waals surface area contributed by atoms with Gasteiger partial charge in [0.25, 0.3) is 0 Å². The maximum absolute atomic E-state index is 13.1. The van der Waals surface area contributed by atoms with Crippen molar-refractivity contribution >= 4 is 11.8 Å². The molecular weight excluding hydrogens is 312 g/mol. The van der Waals surface area contributed by atoms with Crippen molar-refractivity contribution in [1.29, 1.82) is 0 Å². The summed E-state index contributed by atoms with van der Waals surface area (Å²) in [6.45, 7) is 4.05. The molecule has 0 bridgehead atoms. The predicted octanol–water partition coefficient (Wildman–Crippen LogP) is 3.04. The van der Waals surface area contributed by atoms with Crippen molar-refractivity contribution < 1.29 is 9.59 Å². The van der Waals surface area contributed by atoms with E-state index in [2.05, 4.69) is 29.2 Å². The molecule has 3 aliphatic rings. The SMILES string of the molecule is CC(=O)N1CC[C@@H]2[C@H](C1)[C@@H](c1ccccc1)CN2C(=O)C1CCCC1. The van der Waals surface area contributed by atoms with E-state index in [4.69, 9.17) is 0 Å². The molecule has 134 valence electrons. The van der Waals surface area contributed by atoms with E-state index in [0.29, 0.717) is 23.8 Å². The van der Waals surface area contributed by atoms with Crippen LogP contribution in [0.1, 0.15) is 50.5 Å². The quantitative estimate of drug-likeness (QED) is 0.830. The highest BCUT2D eigenvalue weighted by Crippen LogP contribution is 2.43. The molecule has 2 aliphatic heterocycles. The fourth-order valence-corrected chi connectivity index (χ4v) is 5.23. The van der Waals surface area contributed by atoms with Crippen LogP contribution in [0, 0.1) is 11.8 Å². The molecule has 1 aromatic rings. The summed E-state index contributed by atoms with van der Waals surface area (Å²) in [7, 11) is 0. The molecule has 0 N–H and O–H groups in total. The van der Waals surface area contributed by atoms with Crippen molar-refractivity contribution in [2.45, 2.75) is 51.0 Å². The Labute approximate surface area is 150 Å². The van der Waals surface area contributed by atoms with E-state index in [-0.39, 0.29) is 11.8 Å². The lowest BCUT2D eigenvalue weighted by Gasteiger charge is -2.39. The first-order valence-corrected chi connectivity index (χ1v) is 9.76. The summed E-state index contributed by atoms with van der Waals surface area (Å²) in [5.41, 5.74) is 1.31. The molecule has 25 heavy (non-hydrogen) atoms. The van der Waals surface area contributed by atoms with Crippen molar-refractivity contribution in [2.24, 2.45) is 11.8 Å². The van der Waals surface area contributed by atoms with Crippen molar-refractivity contribution in [2.75, 3.05) is 19.6 Å². The average molecular weight is 340 g/mol. The normalized spacial score (nSPS) is 29.7. The minimum Gasteiger partial charge on any atom is -0.342 e. The maximum Gasteiger partial charge on any atom is 0.225 e. The van der Waals surface area contributed by atoms with Gasteiger partial charge in [0, 0.05) is 50.4 Å². The van der Waals surface area contributed by atoms with Crippen LogP contribution in [0.15, 0.2) is 30.3 Å². The van der Waals surface area contributed by atoms with Crippen LogP contribution >= 0.6 is 0 Å². The van der Waals surface area contributed by atoms with Gasteiger partial charge in [-0.2, -0.15) is 0 Å². The second kappa shape index (κ2) is 6.81. The number of hydrogen-bond donors (Lipinski definition) is 0. The van der Waals surface area contributed by atoms with Gasteiger partial charge in [-0.3, -0.25) is 9.59 Å². The first-order chi connectivity index (χ1) is 12.1. The molecule has 1 aromatic carbocycles. The van der Waals surface area contributed by atoms with Gasteiger partial charge < -0.3 is 9.80 Å². The van der Waals surface area contributed by atoms with Crippen LogP contribution < -0.4 is 0 Å². The van der Waals surface area contributed by atoms with Gasteiger partial charge >= 0.3 is 0 Å². The summed E-state index contributed by atoms with van der Waals surface area (Å²) in [6, 6.07) is 10.9. The summed E-state index contributed by atoms with van der Waals surface area (Å²) >= 11 is 0. The topological polar surface area (TPSA) is 40.6 Å². The van der Waals surface area contributed by atoms with Crippen molar-refractivity contribution in [3.05, 3.63) is 35.9 Å². The van der Waals surface area contributed by atoms with Gasteiger partial charge in [-0.1, -0.05) is 43.2 Å². The zero-order valence-corrected chi connectivity index (χ0v) is 15.1. The van der Waals surface area contributed by atoms with Crippen LogP contribution in [-0.2, 0) is 9.59 Å². The van der Waals surface area contributed by atoms with Crippen molar-refractivity contribution in [3.63, 3.8) is 0 Å². The van der Waals surface area contributed by atoms with E-state index in [9.17, 15) is 9.59 Å². The number of hydrogen-bond acceptors (Lipinski definition) is 2. The van der Waals surface area contributed by atoms with E-state index < -0.39 is 0 Å². The zero-order valence-electron chi connectivity index (χ0n) is 15.1. The van der Waals surface area contributed by atoms with Gasteiger partial charge in [-0.15, -0.1) is 0 Å². The average Bonchev–Trinajstić information content (AvgIpc) is 3.29. The summed E-state index contributed by atoms with van der Waals surface area (Å²) in [5, 5.41) is 0. The minimum atomic E-state index is 0.158. The third kappa shape index (κ3) is 3.07. The Morgan fingerprint density at radius 2 is 1.72 bits per heavy atom. The number of carbonyl (C=O) groups excluding carboxylic acids is 2. The van der Waals surface area contributed by atoms with Crippen LogP contribution in [0.25, 0.3) is 0 Å². The number of rotatable bonds is 2. The molecule has 4 rings (SSSR count). The van der Waals surface area contributed by atoms with Crippen LogP contribution in [0.2, 0.25) is 0 Å². The number of likely N-dealkylation sites (tertiary alicyclic amines) is 2. The Balaban J connectivity index is 1.60. The second-order valence-corrected chi connectivity index (χ2v) is 7.97. The summed E-state index contributed by atoms with van der Waals surface area (Å²) in [4.78, 5) is 29.2. The van der Waals surface area contributed by atoms with Gasteiger partial charge in [-0.05, 0) is 24.8 Å². The molecule has 0 unspecified atom stereocenters. The van der Waals surface area contributed by atoms with E-state index in [1.54, 1.807) is 6.92 Å². The Morgan fingerprint density at radius 3 is 2.40 bits per heavy atom. The molecule has 0 aromatic heterocycles. The summed E-state index contributed by atoms with van der Waals surface area (Å²) in [5.74, 6) is 1.48. The fraction of sp³-hybridized carbons (Fsp3) is 0.619. The molecule has 1 saturated carbocycles. The third-order valence-corrected chi connectivity index (χ3v) is 6.59. The lowest BCUT2D eigenvalue weighted by Crippen LogP contribution is -2.50. The van der Waals surface area contributed by atoms with Gasteiger partial charge in [0.15, 0.2) is 0 Å². The van der Waals surface area contributed by atoms with Crippen molar-refractivity contribution in [1.82, 2.24) is 9.80 Å². The first-order valence-electron chi connectivity index (χ1n) is 9.76. The largest absolute Gasteiger partial charge is 0.342 e. The highest BCUT2D eigenvalue weighted by Gasteiger charge is 2.48. The predicted molar refractivity (Wildman–Crippen MR) is 97.0 cm³/mol. The number of fused-ring (bicyclic) bond motifs is 1. The highest BCUT2D eigenvalue weighted by molar-refractivity contribution is 5.80. The summed E-state index contributed by atoms with van der Waals surface area (Å²) in [6.07, 6.45) is 5.42. The Morgan fingerprint density at radius 1 is 1.00 bits per heavy atom. The molecule has 4 nitrogen and oxygen atoms in total. The molecule has 2 saturated heterocycles. The summed E-state index contributed by atoms with van der Waals surface area (Å²) < 4.78 is 0. The molecule has 3 fully saturated rings. The van der Waals surface area contributed by atoms with E-state index in [0.717, 1.165) is 38.9 Å². The first kappa shape index (κ1) is 16.6. The Hall–Kier alpha value is -1.84. The minimum absolute atomic E-state index is 0.158. The molecule has 1 aliphatic carbocycles. The van der Waals surface area contributed by atoms with Crippen LogP contribution in [0.4, 0.5) is 0 Å². The molecule has 0 radical (unpaired) electrons. The number of carbonyl (C=O) groups is 2. The number of benzene rings is 1. The lowest BCUT2D eigenvalue weighted by atomic mass is 9.82. The van der Waals surface area contributed by atoms with Gasteiger partial charge in [0.05, 0.1) is 0 Å². The lowest BCUT2D eigenvalue weighted by molar-refractivity contribution is -0.138. The van der Waals surface area contributed by atoms with Crippen LogP contribution in [-0.4, -0.2) is 47.3 Å². The maximum atomic E-state index is 13.1. The zero-order chi connectivity index (χ0) is 17.4. The van der Waals surface area contributed by atoms with E-state index in [1.807, 2.05) is 11.0 Å². The third-order valence-electron chi connectivity index (χ3n) is 6.59. The second-order valence-electron chi connectivity index (χ2n) is 7.97. The number of amides is 2. The Bertz CT molecular complexity index is 639. The van der Waals surface area contributed by atoms with Crippen LogP contribution in [0.3, 0.4) is 0 Å². The molecule has 0 spiro atoms. The van der Waals surface area contributed by atoms with Gasteiger partial charge in [0.1, 0.15) is 0 Å². The molecule has 2 amide bonds. The Kier molecular flexibility index (Phi) is 4.53. The van der Waals surface area contributed by atoms with E-state index >= 15 is 0 Å². The van der Waals surface area contributed by atoms with Crippen LogP contribution in [0.5, 0.6) is 0 Å². The molecule has 2 heterocycles. The van der Waals surface area contributed by atoms with Gasteiger partial charge in [0.2, 0.25) is 11.8 Å². The van der Waals surface area contributed by atoms with E-state index in [1.165, 1.54) is 18.4 Å². The molecular formula is C21H28N2O2. The monoisotopic (exact) mass is 340 g/mol. The standard InChI is InChI=1S/C21H28N2O2/c1-15(24)22-12-11-20-19(13-22)18(16-7-3-2-4-8-16)14-23(20)21(25)17-9-5-6-10-17/h2-4,7-8,17-20H,5-6,9-14H2,1H3/t18-,19-,20-/m1/s1. The smallest absolute Gasteiger partial charge is 0.225 e. The van der Waals surface area contributed by atoms with Crippen molar-refractivity contribution in [3.8, 4) is 0 Å². The highest BCUT2D eigenvalue weighted by atomic mass is 16.2. The number of piperidine rings is 1. The molecule has 3 atom stereocenters. The fourth-order valence-electron chi connectivity index (χ4n) is 5.23. The van der Waals surface area contributed by atoms with Gasteiger partial charge in [-0.25, -0.2) is 0 Å².